The largest absolute Gasteiger partial charge is 0.384 e. The Labute approximate surface area is 120 Å². The van der Waals surface area contributed by atoms with Crippen LogP contribution in [0.25, 0.3) is 0 Å². The van der Waals surface area contributed by atoms with Crippen LogP contribution in [0.4, 0.5) is 5.69 Å². The molecule has 0 fully saturated rings. The third kappa shape index (κ3) is 3.32. The van der Waals surface area contributed by atoms with Gasteiger partial charge in [0.05, 0.1) is 0 Å². The molecule has 1 heterocycles. The van der Waals surface area contributed by atoms with Gasteiger partial charge < -0.3 is 10.6 Å². The molecule has 0 spiro atoms. The maximum absolute atomic E-state index is 7.65. The SMILES string of the molecule is CN(Cc1ccncc1)c1cc(Br)ccc1C(=N)N. The second kappa shape index (κ2) is 5.84. The number of anilines is 1. The zero-order valence-corrected chi connectivity index (χ0v) is 12.2. The van der Waals surface area contributed by atoms with Gasteiger partial charge >= 0.3 is 0 Å². The van der Waals surface area contributed by atoms with E-state index in [-0.39, 0.29) is 5.84 Å². The average Bonchev–Trinajstić information content (AvgIpc) is 2.39. The summed E-state index contributed by atoms with van der Waals surface area (Å²) >= 11 is 3.45. The third-order valence-electron chi connectivity index (χ3n) is 2.83. The number of halogens is 1. The maximum atomic E-state index is 7.65. The molecule has 2 rings (SSSR count). The Morgan fingerprint density at radius 3 is 2.63 bits per heavy atom. The summed E-state index contributed by atoms with van der Waals surface area (Å²) in [4.78, 5) is 6.07. The summed E-state index contributed by atoms with van der Waals surface area (Å²) in [6.45, 7) is 0.735. The van der Waals surface area contributed by atoms with E-state index in [1.807, 2.05) is 37.4 Å². The number of hydrogen-bond acceptors (Lipinski definition) is 3. The Balaban J connectivity index is 2.30. The standard InChI is InChI=1S/C14H15BrN4/c1-19(9-10-4-6-18-7-5-10)13-8-11(15)2-3-12(13)14(16)17/h2-8H,9H2,1H3,(H3,16,17). The highest BCUT2D eigenvalue weighted by Crippen LogP contribution is 2.25. The van der Waals surface area contributed by atoms with Crippen molar-refractivity contribution >= 4 is 27.5 Å². The molecule has 4 nitrogen and oxygen atoms in total. The summed E-state index contributed by atoms with van der Waals surface area (Å²) in [7, 11) is 1.98. The van der Waals surface area contributed by atoms with Crippen molar-refractivity contribution in [3.05, 3.63) is 58.3 Å². The highest BCUT2D eigenvalue weighted by molar-refractivity contribution is 9.10. The summed E-state index contributed by atoms with van der Waals surface area (Å²) in [5.41, 5.74) is 8.45. The van der Waals surface area contributed by atoms with Gasteiger partial charge in [-0.25, -0.2) is 0 Å². The van der Waals surface area contributed by atoms with E-state index < -0.39 is 0 Å². The number of nitrogens with two attached hydrogens (primary N) is 1. The quantitative estimate of drug-likeness (QED) is 0.673. The molecule has 1 aromatic heterocycles. The highest BCUT2D eigenvalue weighted by Gasteiger charge is 2.10. The minimum absolute atomic E-state index is 0.0732. The summed E-state index contributed by atoms with van der Waals surface area (Å²) in [5.74, 6) is 0.0732. The van der Waals surface area contributed by atoms with Crippen LogP contribution in [-0.4, -0.2) is 17.9 Å². The van der Waals surface area contributed by atoms with Crippen LogP contribution in [0.1, 0.15) is 11.1 Å². The lowest BCUT2D eigenvalue weighted by Crippen LogP contribution is -2.22. The van der Waals surface area contributed by atoms with Crippen molar-refractivity contribution in [2.75, 3.05) is 11.9 Å². The van der Waals surface area contributed by atoms with Gasteiger partial charge in [-0.3, -0.25) is 10.4 Å². The van der Waals surface area contributed by atoms with E-state index in [0.717, 1.165) is 27.8 Å². The molecule has 19 heavy (non-hydrogen) atoms. The molecule has 98 valence electrons. The molecule has 3 N–H and O–H groups in total. The summed E-state index contributed by atoms with van der Waals surface area (Å²) in [6, 6.07) is 9.66. The lowest BCUT2D eigenvalue weighted by molar-refractivity contribution is 0.917. The first-order chi connectivity index (χ1) is 9.08. The fraction of sp³-hybridized carbons (Fsp3) is 0.143. The number of nitrogen functional groups attached to an aromatic ring is 1. The topological polar surface area (TPSA) is 66.0 Å². The van der Waals surface area contributed by atoms with Crippen molar-refractivity contribution < 1.29 is 0 Å². The second-order valence-corrected chi connectivity index (χ2v) is 5.20. The Morgan fingerprint density at radius 2 is 2.00 bits per heavy atom. The van der Waals surface area contributed by atoms with Gasteiger partial charge in [-0.15, -0.1) is 0 Å². The molecular weight excluding hydrogens is 304 g/mol. The molecule has 0 radical (unpaired) electrons. The molecule has 0 bridgehead atoms. The van der Waals surface area contributed by atoms with Crippen molar-refractivity contribution in [2.45, 2.75) is 6.54 Å². The first-order valence-corrected chi connectivity index (χ1v) is 6.61. The van der Waals surface area contributed by atoms with Crippen LogP contribution in [-0.2, 0) is 6.54 Å². The fourth-order valence-electron chi connectivity index (χ4n) is 1.90. The minimum atomic E-state index is 0.0732. The first-order valence-electron chi connectivity index (χ1n) is 5.82. The van der Waals surface area contributed by atoms with Gasteiger partial charge in [-0.2, -0.15) is 0 Å². The Hall–Kier alpha value is -1.88. The predicted octanol–water partition coefficient (Wildman–Crippen LogP) is 2.76. The smallest absolute Gasteiger partial charge is 0.124 e. The molecule has 0 atom stereocenters. The molecule has 0 aliphatic heterocycles. The van der Waals surface area contributed by atoms with Gasteiger partial charge in [0.25, 0.3) is 0 Å². The predicted molar refractivity (Wildman–Crippen MR) is 81.5 cm³/mol. The van der Waals surface area contributed by atoms with E-state index in [1.54, 1.807) is 12.4 Å². The number of aromatic nitrogens is 1. The van der Waals surface area contributed by atoms with E-state index in [9.17, 15) is 0 Å². The van der Waals surface area contributed by atoms with Gasteiger partial charge in [0, 0.05) is 41.7 Å². The zero-order chi connectivity index (χ0) is 13.8. The fourth-order valence-corrected chi connectivity index (χ4v) is 2.24. The monoisotopic (exact) mass is 318 g/mol. The second-order valence-electron chi connectivity index (χ2n) is 4.29. The minimum Gasteiger partial charge on any atom is -0.384 e. The number of rotatable bonds is 4. The number of pyridine rings is 1. The molecule has 5 heteroatoms. The van der Waals surface area contributed by atoms with Crippen LogP contribution < -0.4 is 10.6 Å². The van der Waals surface area contributed by atoms with Crippen LogP contribution in [0, 0.1) is 5.41 Å². The van der Waals surface area contributed by atoms with Crippen LogP contribution in [0.15, 0.2) is 47.2 Å². The van der Waals surface area contributed by atoms with E-state index in [0.29, 0.717) is 0 Å². The molecular formula is C14H15BrN4. The van der Waals surface area contributed by atoms with Crippen molar-refractivity contribution in [3.63, 3.8) is 0 Å². The Bertz CT molecular complexity index is 583. The molecule has 0 saturated heterocycles. The normalized spacial score (nSPS) is 10.2. The average molecular weight is 319 g/mol. The van der Waals surface area contributed by atoms with E-state index in [1.165, 1.54) is 0 Å². The Morgan fingerprint density at radius 1 is 1.32 bits per heavy atom. The van der Waals surface area contributed by atoms with Gasteiger partial charge in [-0.1, -0.05) is 15.9 Å². The van der Waals surface area contributed by atoms with Crippen LogP contribution in [0.2, 0.25) is 0 Å². The molecule has 2 aromatic rings. The van der Waals surface area contributed by atoms with Gasteiger partial charge in [0.1, 0.15) is 5.84 Å². The van der Waals surface area contributed by atoms with Gasteiger partial charge in [-0.05, 0) is 35.9 Å². The lowest BCUT2D eigenvalue weighted by atomic mass is 10.1. The summed E-state index contributed by atoms with van der Waals surface area (Å²) < 4.78 is 0.967. The molecule has 0 aliphatic carbocycles. The van der Waals surface area contributed by atoms with Crippen molar-refractivity contribution in [3.8, 4) is 0 Å². The van der Waals surface area contributed by atoms with E-state index >= 15 is 0 Å². The highest BCUT2D eigenvalue weighted by atomic mass is 79.9. The van der Waals surface area contributed by atoms with Crippen molar-refractivity contribution in [1.29, 1.82) is 5.41 Å². The molecule has 1 aromatic carbocycles. The lowest BCUT2D eigenvalue weighted by Gasteiger charge is -2.22. The van der Waals surface area contributed by atoms with E-state index in [2.05, 4.69) is 25.8 Å². The number of nitrogens with one attached hydrogen (secondary N) is 1. The summed E-state index contributed by atoms with van der Waals surface area (Å²) in [5, 5.41) is 7.65. The van der Waals surface area contributed by atoms with Crippen molar-refractivity contribution in [1.82, 2.24) is 4.98 Å². The van der Waals surface area contributed by atoms with Crippen molar-refractivity contribution in [2.24, 2.45) is 5.73 Å². The van der Waals surface area contributed by atoms with Crippen LogP contribution in [0.5, 0.6) is 0 Å². The summed E-state index contributed by atoms with van der Waals surface area (Å²) in [6.07, 6.45) is 3.55. The van der Waals surface area contributed by atoms with E-state index in [4.69, 9.17) is 11.1 Å². The number of nitrogens with zero attached hydrogens (tertiary/aromatic N) is 2. The number of benzene rings is 1. The molecule has 0 unspecified atom stereocenters. The number of amidine groups is 1. The third-order valence-corrected chi connectivity index (χ3v) is 3.32. The molecule has 0 aliphatic rings. The van der Waals surface area contributed by atoms with Gasteiger partial charge in [0.2, 0.25) is 0 Å². The maximum Gasteiger partial charge on any atom is 0.124 e. The molecule has 0 amide bonds. The van der Waals surface area contributed by atoms with Crippen LogP contribution >= 0.6 is 15.9 Å². The Kier molecular flexibility index (Phi) is 4.16. The molecule has 0 saturated carbocycles. The number of hydrogen-bond donors (Lipinski definition) is 2. The van der Waals surface area contributed by atoms with Crippen LogP contribution in [0.3, 0.4) is 0 Å². The van der Waals surface area contributed by atoms with Gasteiger partial charge in [0.15, 0.2) is 0 Å². The first kappa shape index (κ1) is 13.5. The zero-order valence-electron chi connectivity index (χ0n) is 10.6.